The van der Waals surface area contributed by atoms with E-state index in [-0.39, 0.29) is 23.8 Å². The fourth-order valence-electron chi connectivity index (χ4n) is 3.74. The monoisotopic (exact) mass is 338 g/mol. The molecule has 2 bridgehead atoms. The highest BCUT2D eigenvalue weighted by atomic mass is 16.5. The third kappa shape index (κ3) is 3.12. The molecule has 2 fully saturated rings. The van der Waals surface area contributed by atoms with Gasteiger partial charge < -0.3 is 14.5 Å². The molecule has 0 saturated carbocycles. The van der Waals surface area contributed by atoms with Gasteiger partial charge in [0.2, 0.25) is 11.8 Å². The molecule has 0 unspecified atom stereocenters. The minimum atomic E-state index is -0.252. The van der Waals surface area contributed by atoms with Crippen LogP contribution in [0.1, 0.15) is 5.56 Å². The van der Waals surface area contributed by atoms with Gasteiger partial charge >= 0.3 is 0 Å². The lowest BCUT2D eigenvalue weighted by Gasteiger charge is -2.29. The number of benzene rings is 2. The summed E-state index contributed by atoms with van der Waals surface area (Å²) < 4.78 is 5.60. The molecule has 2 saturated heterocycles. The van der Waals surface area contributed by atoms with Gasteiger partial charge in [0, 0.05) is 20.1 Å². The second-order valence-corrected chi connectivity index (χ2v) is 6.99. The van der Waals surface area contributed by atoms with Crippen molar-refractivity contribution in [1.29, 1.82) is 0 Å². The molecule has 4 rings (SSSR count). The second kappa shape index (κ2) is 6.48. The predicted molar refractivity (Wildman–Crippen MR) is 95.1 cm³/mol. The molecule has 2 amide bonds. The number of rotatable bonds is 2. The highest BCUT2D eigenvalue weighted by molar-refractivity contribution is 5.86. The van der Waals surface area contributed by atoms with Crippen LogP contribution in [0.5, 0.6) is 0 Å². The Hall–Kier alpha value is -2.40. The van der Waals surface area contributed by atoms with Crippen LogP contribution in [-0.2, 0) is 20.7 Å². The first-order valence-corrected chi connectivity index (χ1v) is 8.71. The van der Waals surface area contributed by atoms with Crippen LogP contribution in [0.4, 0.5) is 0 Å². The van der Waals surface area contributed by atoms with Gasteiger partial charge in [-0.15, -0.1) is 0 Å². The van der Waals surface area contributed by atoms with E-state index in [9.17, 15) is 9.59 Å². The maximum atomic E-state index is 12.9. The summed E-state index contributed by atoms with van der Waals surface area (Å²) in [4.78, 5) is 28.9. The molecule has 5 heteroatoms. The zero-order valence-corrected chi connectivity index (χ0v) is 14.4. The Balaban J connectivity index is 1.53. The minimum absolute atomic E-state index is 0.0550. The maximum absolute atomic E-state index is 12.9. The predicted octanol–water partition coefficient (Wildman–Crippen LogP) is 1.70. The van der Waals surface area contributed by atoms with E-state index < -0.39 is 0 Å². The van der Waals surface area contributed by atoms with Crippen LogP contribution in [0.2, 0.25) is 0 Å². The van der Waals surface area contributed by atoms with Crippen LogP contribution in [0.15, 0.2) is 42.5 Å². The van der Waals surface area contributed by atoms with Crippen molar-refractivity contribution in [3.63, 3.8) is 0 Å². The Morgan fingerprint density at radius 1 is 1.12 bits per heavy atom. The van der Waals surface area contributed by atoms with Gasteiger partial charge in [-0.1, -0.05) is 42.5 Å². The van der Waals surface area contributed by atoms with Gasteiger partial charge in [-0.2, -0.15) is 0 Å². The Morgan fingerprint density at radius 3 is 2.76 bits per heavy atom. The molecule has 5 nitrogen and oxygen atoms in total. The molecule has 25 heavy (non-hydrogen) atoms. The van der Waals surface area contributed by atoms with Crippen molar-refractivity contribution in [3.05, 3.63) is 48.0 Å². The van der Waals surface area contributed by atoms with Gasteiger partial charge in [-0.05, 0) is 16.3 Å². The largest absolute Gasteiger partial charge is 0.378 e. The van der Waals surface area contributed by atoms with E-state index in [4.69, 9.17) is 4.74 Å². The van der Waals surface area contributed by atoms with E-state index in [0.29, 0.717) is 32.7 Å². The van der Waals surface area contributed by atoms with Gasteiger partial charge in [0.25, 0.3) is 0 Å². The molecule has 2 aliphatic heterocycles. The van der Waals surface area contributed by atoms with E-state index in [1.54, 1.807) is 4.90 Å². The number of nitrogens with zero attached hydrogens (tertiary/aromatic N) is 2. The van der Waals surface area contributed by atoms with Crippen LogP contribution >= 0.6 is 0 Å². The number of carbonyl (C=O) groups is 2. The van der Waals surface area contributed by atoms with Gasteiger partial charge in [0.15, 0.2) is 0 Å². The number of ether oxygens (including phenoxy) is 1. The summed E-state index contributed by atoms with van der Waals surface area (Å²) in [5.41, 5.74) is 1.01. The van der Waals surface area contributed by atoms with E-state index in [2.05, 4.69) is 24.3 Å². The van der Waals surface area contributed by atoms with Gasteiger partial charge in [0.05, 0.1) is 31.6 Å². The molecule has 2 aromatic rings. The van der Waals surface area contributed by atoms with Crippen molar-refractivity contribution < 1.29 is 14.3 Å². The highest BCUT2D eigenvalue weighted by Crippen LogP contribution is 2.21. The molecule has 2 aliphatic rings. The number of amides is 2. The van der Waals surface area contributed by atoms with E-state index in [1.165, 1.54) is 5.39 Å². The van der Waals surface area contributed by atoms with Crippen LogP contribution in [-0.4, -0.2) is 61.0 Å². The molecular formula is C20H22N2O3. The minimum Gasteiger partial charge on any atom is -0.378 e. The van der Waals surface area contributed by atoms with Crippen molar-refractivity contribution in [2.75, 3.05) is 33.4 Å². The SMILES string of the molecule is CN1C(=O)[C@H]2COC[C@@H]1CN(C(=O)Cc1ccc3ccccc3c1)C2. The quantitative estimate of drug-likeness (QED) is 0.837. The Labute approximate surface area is 147 Å². The Kier molecular flexibility index (Phi) is 4.17. The lowest BCUT2D eigenvalue weighted by atomic mass is 10.0. The molecule has 2 atom stereocenters. The standard InChI is InChI=1S/C20H22N2O3/c1-21-18-11-22(10-17(20(21)24)12-25-13-18)19(23)9-14-6-7-15-4-2-3-5-16(15)8-14/h2-8,17-18H,9-13H2,1H3/t17-,18+/m1/s1. The molecule has 0 N–H and O–H groups in total. The first kappa shape index (κ1) is 16.1. The van der Waals surface area contributed by atoms with Crippen molar-refractivity contribution in [1.82, 2.24) is 9.80 Å². The Bertz CT molecular complexity index is 819. The molecule has 2 heterocycles. The second-order valence-electron chi connectivity index (χ2n) is 6.99. The van der Waals surface area contributed by atoms with Crippen LogP contribution in [0.25, 0.3) is 10.8 Å². The zero-order valence-electron chi connectivity index (χ0n) is 14.4. The van der Waals surface area contributed by atoms with E-state index >= 15 is 0 Å². The average Bonchev–Trinajstić information content (AvgIpc) is 2.80. The highest BCUT2D eigenvalue weighted by Gasteiger charge is 2.38. The number of hydrogen-bond donors (Lipinski definition) is 0. The summed E-state index contributed by atoms with van der Waals surface area (Å²) >= 11 is 0. The van der Waals surface area contributed by atoms with E-state index in [1.807, 2.05) is 30.1 Å². The molecule has 0 spiro atoms. The summed E-state index contributed by atoms with van der Waals surface area (Å²) in [6, 6.07) is 14.2. The summed E-state index contributed by atoms with van der Waals surface area (Å²) in [5, 5.41) is 2.32. The average molecular weight is 338 g/mol. The molecule has 0 aliphatic carbocycles. The van der Waals surface area contributed by atoms with E-state index in [0.717, 1.165) is 10.9 Å². The fraction of sp³-hybridized carbons (Fsp3) is 0.400. The third-order valence-corrected chi connectivity index (χ3v) is 5.27. The van der Waals surface area contributed by atoms with Gasteiger partial charge in [-0.3, -0.25) is 9.59 Å². The van der Waals surface area contributed by atoms with Gasteiger partial charge in [-0.25, -0.2) is 0 Å². The lowest BCUT2D eigenvalue weighted by Crippen LogP contribution is -2.45. The van der Waals surface area contributed by atoms with Gasteiger partial charge in [0.1, 0.15) is 0 Å². The molecule has 0 aromatic heterocycles. The maximum Gasteiger partial charge on any atom is 0.229 e. The lowest BCUT2D eigenvalue weighted by molar-refractivity contribution is -0.134. The summed E-state index contributed by atoms with van der Waals surface area (Å²) in [7, 11) is 1.81. The molecule has 0 radical (unpaired) electrons. The molecule has 2 aromatic carbocycles. The molecular weight excluding hydrogens is 316 g/mol. The number of carbonyl (C=O) groups excluding carboxylic acids is 2. The van der Waals surface area contributed by atoms with Crippen molar-refractivity contribution >= 4 is 22.6 Å². The zero-order chi connectivity index (χ0) is 17.4. The number of likely N-dealkylation sites (N-methyl/N-ethyl adjacent to an activating group) is 1. The van der Waals surface area contributed by atoms with Crippen molar-refractivity contribution in [2.45, 2.75) is 12.5 Å². The van der Waals surface area contributed by atoms with Crippen LogP contribution in [0.3, 0.4) is 0 Å². The van der Waals surface area contributed by atoms with Crippen molar-refractivity contribution in [3.8, 4) is 0 Å². The molecule has 130 valence electrons. The fourth-order valence-corrected chi connectivity index (χ4v) is 3.74. The summed E-state index contributed by atoms with van der Waals surface area (Å²) in [6.07, 6.45) is 0.364. The first-order chi connectivity index (χ1) is 12.1. The first-order valence-electron chi connectivity index (χ1n) is 8.71. The van der Waals surface area contributed by atoms with Crippen LogP contribution < -0.4 is 0 Å². The Morgan fingerprint density at radius 2 is 1.92 bits per heavy atom. The van der Waals surface area contributed by atoms with Crippen molar-refractivity contribution in [2.24, 2.45) is 5.92 Å². The summed E-state index contributed by atoms with van der Waals surface area (Å²) in [5.74, 6) is -0.0863. The smallest absolute Gasteiger partial charge is 0.229 e. The topological polar surface area (TPSA) is 49.9 Å². The third-order valence-electron chi connectivity index (χ3n) is 5.27. The number of hydrogen-bond acceptors (Lipinski definition) is 3. The normalized spacial score (nSPS) is 23.6. The number of fused-ring (bicyclic) bond motifs is 4. The summed E-state index contributed by atoms with van der Waals surface area (Å²) in [6.45, 7) is 1.90. The van der Waals surface area contributed by atoms with Crippen LogP contribution in [0, 0.1) is 5.92 Å².